The number of nitrogens with one attached hydrogen (secondary N) is 3. The minimum atomic E-state index is -3.84. The molecule has 0 fully saturated rings. The number of carbonyl (C=O) groups excluding carboxylic acids is 1. The van der Waals surface area contributed by atoms with Gasteiger partial charge in [0.05, 0.1) is 23.1 Å². The molecule has 3 aromatic carbocycles. The van der Waals surface area contributed by atoms with E-state index in [1.807, 2.05) is 61.5 Å². The minimum absolute atomic E-state index is 0.0492. The van der Waals surface area contributed by atoms with Crippen LogP contribution in [0, 0.1) is 5.92 Å². The van der Waals surface area contributed by atoms with Gasteiger partial charge in [-0.2, -0.15) is 0 Å². The third-order valence-electron chi connectivity index (χ3n) is 7.01. The SMILES string of the molecule is CCCNc1ccc(S(=O)(=O)NC[C@@H](O)C[C@@H](Cc2ccccc2)C(=O)N[C@H]2c3ccccc3C[C@H]2O)cc1. The molecular formula is C30H37N3O5S. The van der Waals surface area contributed by atoms with E-state index >= 15 is 0 Å². The van der Waals surface area contributed by atoms with Gasteiger partial charge in [0.25, 0.3) is 0 Å². The molecule has 3 aromatic rings. The zero-order valence-corrected chi connectivity index (χ0v) is 22.9. The Kier molecular flexibility index (Phi) is 9.74. The highest BCUT2D eigenvalue weighted by molar-refractivity contribution is 7.89. The third kappa shape index (κ3) is 7.67. The Morgan fingerprint density at radius 2 is 1.69 bits per heavy atom. The molecule has 0 unspecified atom stereocenters. The molecule has 1 aliphatic rings. The summed E-state index contributed by atoms with van der Waals surface area (Å²) in [5.41, 5.74) is 3.65. The molecule has 0 bridgehead atoms. The molecule has 0 radical (unpaired) electrons. The zero-order chi connectivity index (χ0) is 27.8. The summed E-state index contributed by atoms with van der Waals surface area (Å²) in [6.45, 7) is 2.61. The molecule has 39 heavy (non-hydrogen) atoms. The van der Waals surface area contributed by atoms with Crippen molar-refractivity contribution < 1.29 is 23.4 Å². The first-order valence-corrected chi connectivity index (χ1v) is 14.9. The van der Waals surface area contributed by atoms with Crippen LogP contribution in [0.2, 0.25) is 0 Å². The number of aliphatic hydroxyl groups excluding tert-OH is 2. The van der Waals surface area contributed by atoms with E-state index in [4.69, 9.17) is 0 Å². The Labute approximate surface area is 230 Å². The van der Waals surface area contributed by atoms with Crippen molar-refractivity contribution in [2.24, 2.45) is 5.92 Å². The number of hydrogen-bond donors (Lipinski definition) is 5. The van der Waals surface area contributed by atoms with Gasteiger partial charge < -0.3 is 20.8 Å². The highest BCUT2D eigenvalue weighted by Gasteiger charge is 2.34. The summed E-state index contributed by atoms with van der Waals surface area (Å²) in [6, 6.07) is 23.0. The number of aliphatic hydroxyl groups is 2. The van der Waals surface area contributed by atoms with Crippen LogP contribution in [-0.4, -0.2) is 49.8 Å². The van der Waals surface area contributed by atoms with E-state index in [0.717, 1.165) is 35.3 Å². The second-order valence-electron chi connectivity index (χ2n) is 10.0. The van der Waals surface area contributed by atoms with Crippen molar-refractivity contribution in [3.8, 4) is 0 Å². The van der Waals surface area contributed by atoms with Gasteiger partial charge in [0, 0.05) is 31.1 Å². The van der Waals surface area contributed by atoms with Crippen molar-refractivity contribution >= 4 is 21.6 Å². The maximum absolute atomic E-state index is 13.4. The fourth-order valence-electron chi connectivity index (χ4n) is 4.92. The number of hydrogen-bond acceptors (Lipinski definition) is 6. The lowest BCUT2D eigenvalue weighted by atomic mass is 9.92. The molecule has 8 nitrogen and oxygen atoms in total. The van der Waals surface area contributed by atoms with E-state index in [9.17, 15) is 23.4 Å². The first-order valence-electron chi connectivity index (χ1n) is 13.4. The Morgan fingerprint density at radius 3 is 2.41 bits per heavy atom. The van der Waals surface area contributed by atoms with Crippen LogP contribution in [0.5, 0.6) is 0 Å². The summed E-state index contributed by atoms with van der Waals surface area (Å²) < 4.78 is 28.1. The lowest BCUT2D eigenvalue weighted by molar-refractivity contribution is -0.127. The highest BCUT2D eigenvalue weighted by atomic mass is 32.2. The number of fused-ring (bicyclic) bond motifs is 1. The van der Waals surface area contributed by atoms with Crippen molar-refractivity contribution in [1.82, 2.24) is 10.0 Å². The third-order valence-corrected chi connectivity index (χ3v) is 8.45. The first-order chi connectivity index (χ1) is 18.8. The highest BCUT2D eigenvalue weighted by Crippen LogP contribution is 2.32. The quantitative estimate of drug-likeness (QED) is 0.222. The molecule has 4 atom stereocenters. The Hall–Kier alpha value is -3.24. The summed E-state index contributed by atoms with van der Waals surface area (Å²) in [5.74, 6) is -0.924. The van der Waals surface area contributed by atoms with E-state index < -0.39 is 34.2 Å². The van der Waals surface area contributed by atoms with Gasteiger partial charge in [0.2, 0.25) is 15.9 Å². The molecule has 9 heteroatoms. The van der Waals surface area contributed by atoms with E-state index in [1.165, 1.54) is 12.1 Å². The summed E-state index contributed by atoms with van der Waals surface area (Å²) in [6.07, 6.45) is 0.0114. The van der Waals surface area contributed by atoms with Gasteiger partial charge in [-0.15, -0.1) is 0 Å². The van der Waals surface area contributed by atoms with Gasteiger partial charge >= 0.3 is 0 Å². The number of anilines is 1. The number of sulfonamides is 1. The van der Waals surface area contributed by atoms with E-state index in [1.54, 1.807) is 12.1 Å². The number of benzene rings is 3. The maximum atomic E-state index is 13.4. The van der Waals surface area contributed by atoms with Crippen LogP contribution in [0.1, 0.15) is 42.5 Å². The number of amides is 1. The topological polar surface area (TPSA) is 128 Å². The van der Waals surface area contributed by atoms with Gasteiger partial charge in [-0.3, -0.25) is 4.79 Å². The van der Waals surface area contributed by atoms with Gasteiger partial charge in [-0.1, -0.05) is 61.5 Å². The van der Waals surface area contributed by atoms with Crippen LogP contribution in [0.3, 0.4) is 0 Å². The molecule has 208 valence electrons. The molecule has 4 rings (SSSR count). The maximum Gasteiger partial charge on any atom is 0.240 e. The van der Waals surface area contributed by atoms with Crippen molar-refractivity contribution in [2.75, 3.05) is 18.4 Å². The first kappa shape index (κ1) is 28.8. The van der Waals surface area contributed by atoms with Crippen LogP contribution in [0.4, 0.5) is 5.69 Å². The van der Waals surface area contributed by atoms with Crippen molar-refractivity contribution in [2.45, 2.75) is 55.8 Å². The summed E-state index contributed by atoms with van der Waals surface area (Å²) >= 11 is 0. The molecular weight excluding hydrogens is 514 g/mol. The predicted octanol–water partition coefficient (Wildman–Crippen LogP) is 3.17. The monoisotopic (exact) mass is 551 g/mol. The number of rotatable bonds is 13. The molecule has 0 saturated heterocycles. The van der Waals surface area contributed by atoms with Gasteiger partial charge in [-0.25, -0.2) is 13.1 Å². The van der Waals surface area contributed by atoms with Crippen LogP contribution < -0.4 is 15.4 Å². The van der Waals surface area contributed by atoms with Crippen LogP contribution >= 0.6 is 0 Å². The lowest BCUT2D eigenvalue weighted by Crippen LogP contribution is -2.41. The summed E-state index contributed by atoms with van der Waals surface area (Å²) in [5, 5.41) is 27.6. The molecule has 1 amide bonds. The fourth-order valence-corrected chi connectivity index (χ4v) is 6.00. The zero-order valence-electron chi connectivity index (χ0n) is 22.1. The molecule has 0 heterocycles. The van der Waals surface area contributed by atoms with E-state index in [0.29, 0.717) is 12.8 Å². The van der Waals surface area contributed by atoms with Crippen LogP contribution in [-0.2, 0) is 27.7 Å². The smallest absolute Gasteiger partial charge is 0.240 e. The van der Waals surface area contributed by atoms with Crippen LogP contribution in [0.15, 0.2) is 83.8 Å². The molecule has 0 aromatic heterocycles. The van der Waals surface area contributed by atoms with Gasteiger partial charge in [0.15, 0.2) is 0 Å². The van der Waals surface area contributed by atoms with E-state index in [-0.39, 0.29) is 23.8 Å². The van der Waals surface area contributed by atoms with Crippen molar-refractivity contribution in [3.63, 3.8) is 0 Å². The second kappa shape index (κ2) is 13.2. The standard InChI is InChI=1S/C30H37N3O5S/c1-2-16-31-24-12-14-26(15-13-24)39(37,38)32-20-25(34)18-23(17-21-8-4-3-5-9-21)30(36)33-29-27-11-7-6-10-22(27)19-28(29)35/h3-15,23,25,28-29,31-32,34-35H,2,16-20H2,1H3,(H,33,36)/t23-,25+,28-,29+/m1/s1. The van der Waals surface area contributed by atoms with E-state index in [2.05, 4.69) is 15.4 Å². The molecule has 0 spiro atoms. The Morgan fingerprint density at radius 1 is 1.00 bits per heavy atom. The largest absolute Gasteiger partial charge is 0.392 e. The molecule has 5 N–H and O–H groups in total. The fraction of sp³-hybridized carbons (Fsp3) is 0.367. The lowest BCUT2D eigenvalue weighted by Gasteiger charge is -2.24. The average Bonchev–Trinajstić information content (AvgIpc) is 3.25. The number of carbonyl (C=O) groups is 1. The van der Waals surface area contributed by atoms with Crippen molar-refractivity contribution in [1.29, 1.82) is 0 Å². The van der Waals surface area contributed by atoms with Crippen molar-refractivity contribution in [3.05, 3.63) is 95.6 Å². The molecule has 1 aliphatic carbocycles. The average molecular weight is 552 g/mol. The second-order valence-corrected chi connectivity index (χ2v) is 11.8. The molecule has 0 aliphatic heterocycles. The summed E-state index contributed by atoms with van der Waals surface area (Å²) in [7, 11) is -3.84. The normalized spacial score (nSPS) is 18.2. The Bertz CT molecular complexity index is 1330. The summed E-state index contributed by atoms with van der Waals surface area (Å²) in [4.78, 5) is 13.5. The van der Waals surface area contributed by atoms with Crippen LogP contribution in [0.25, 0.3) is 0 Å². The molecule has 0 saturated carbocycles. The van der Waals surface area contributed by atoms with Gasteiger partial charge in [0.1, 0.15) is 0 Å². The van der Waals surface area contributed by atoms with Gasteiger partial charge in [-0.05, 0) is 60.2 Å². The minimum Gasteiger partial charge on any atom is -0.392 e. The Balaban J connectivity index is 1.41. The predicted molar refractivity (Wildman–Crippen MR) is 152 cm³/mol.